The van der Waals surface area contributed by atoms with E-state index in [1.807, 2.05) is 7.05 Å². The van der Waals surface area contributed by atoms with Crippen LogP contribution in [0.1, 0.15) is 19.3 Å². The molecule has 0 radical (unpaired) electrons. The Labute approximate surface area is 154 Å². The first-order valence-corrected chi connectivity index (χ1v) is 9.49. The lowest BCUT2D eigenvalue weighted by Gasteiger charge is -2.31. The second kappa shape index (κ2) is 8.64. The Kier molecular flexibility index (Phi) is 6.26. The SMILES string of the molecule is CN(CC(=O)NC[C@H]1CCN(c2cnn(C)c(=O)c2)C1)C1CCNCC1. The molecule has 2 aliphatic heterocycles. The first kappa shape index (κ1) is 18.8. The second-order valence-corrected chi connectivity index (χ2v) is 7.48. The van der Waals surface area contributed by atoms with Gasteiger partial charge in [-0.25, -0.2) is 4.68 Å². The van der Waals surface area contributed by atoms with Gasteiger partial charge < -0.3 is 15.5 Å². The summed E-state index contributed by atoms with van der Waals surface area (Å²) in [5.41, 5.74) is 0.771. The Hall–Kier alpha value is -1.93. The first-order valence-electron chi connectivity index (χ1n) is 9.49. The van der Waals surface area contributed by atoms with Crippen molar-refractivity contribution >= 4 is 11.6 Å². The average molecular weight is 362 g/mol. The number of nitrogens with zero attached hydrogens (tertiary/aromatic N) is 4. The highest BCUT2D eigenvalue weighted by molar-refractivity contribution is 5.78. The Bertz CT molecular complexity index is 670. The molecule has 2 fully saturated rings. The van der Waals surface area contributed by atoms with Gasteiger partial charge in [0.2, 0.25) is 5.91 Å². The molecular formula is C18H30N6O2. The summed E-state index contributed by atoms with van der Waals surface area (Å²) in [4.78, 5) is 28.3. The van der Waals surface area contributed by atoms with Crippen LogP contribution >= 0.6 is 0 Å². The number of likely N-dealkylation sites (N-methyl/N-ethyl adjacent to an activating group) is 1. The van der Waals surface area contributed by atoms with E-state index in [1.165, 1.54) is 4.68 Å². The molecule has 1 aromatic heterocycles. The molecule has 0 aromatic carbocycles. The molecule has 2 aliphatic rings. The number of carbonyl (C=O) groups is 1. The summed E-state index contributed by atoms with van der Waals surface area (Å²) in [5, 5.41) is 10.5. The topological polar surface area (TPSA) is 82.5 Å². The maximum absolute atomic E-state index is 12.3. The fourth-order valence-corrected chi connectivity index (χ4v) is 3.78. The first-order chi connectivity index (χ1) is 12.5. The van der Waals surface area contributed by atoms with Gasteiger partial charge in [-0.1, -0.05) is 0 Å². The number of piperidine rings is 1. The van der Waals surface area contributed by atoms with E-state index in [-0.39, 0.29) is 11.5 Å². The van der Waals surface area contributed by atoms with Crippen molar-refractivity contribution in [1.82, 2.24) is 25.3 Å². The fourth-order valence-electron chi connectivity index (χ4n) is 3.78. The van der Waals surface area contributed by atoms with E-state index >= 15 is 0 Å². The second-order valence-electron chi connectivity index (χ2n) is 7.48. The van der Waals surface area contributed by atoms with Crippen LogP contribution in [0.5, 0.6) is 0 Å². The summed E-state index contributed by atoms with van der Waals surface area (Å²) >= 11 is 0. The van der Waals surface area contributed by atoms with Gasteiger partial charge in [-0.3, -0.25) is 14.5 Å². The number of anilines is 1. The van der Waals surface area contributed by atoms with Crippen LogP contribution in [-0.4, -0.2) is 72.9 Å². The third-order valence-electron chi connectivity index (χ3n) is 5.52. The fraction of sp³-hybridized carbons (Fsp3) is 0.722. The van der Waals surface area contributed by atoms with Gasteiger partial charge in [-0.2, -0.15) is 5.10 Å². The molecule has 0 unspecified atom stereocenters. The van der Waals surface area contributed by atoms with Gasteiger partial charge in [0.25, 0.3) is 5.56 Å². The van der Waals surface area contributed by atoms with Gasteiger partial charge in [-0.15, -0.1) is 0 Å². The standard InChI is InChI=1S/C18H30N6O2/c1-22(15-3-6-19-7-4-15)13-17(25)20-10-14-5-8-24(12-14)16-9-18(26)23(2)21-11-16/h9,11,14-15,19H,3-8,10,12-13H2,1-2H3,(H,20,25)/t14-/m1/s1. The summed E-state index contributed by atoms with van der Waals surface area (Å²) in [7, 11) is 3.69. The van der Waals surface area contributed by atoms with Crippen LogP contribution in [0.25, 0.3) is 0 Å². The lowest BCUT2D eigenvalue weighted by Crippen LogP contribution is -2.46. The highest BCUT2D eigenvalue weighted by Gasteiger charge is 2.24. The molecule has 0 bridgehead atoms. The van der Waals surface area contributed by atoms with E-state index in [2.05, 4.69) is 25.5 Å². The third-order valence-corrected chi connectivity index (χ3v) is 5.52. The zero-order chi connectivity index (χ0) is 18.5. The number of amides is 1. The molecule has 1 atom stereocenters. The number of aryl methyl sites for hydroxylation is 1. The minimum Gasteiger partial charge on any atom is -0.370 e. The van der Waals surface area contributed by atoms with Crippen LogP contribution in [0.3, 0.4) is 0 Å². The molecule has 3 rings (SSSR count). The van der Waals surface area contributed by atoms with E-state index in [4.69, 9.17) is 0 Å². The van der Waals surface area contributed by atoms with E-state index in [1.54, 1.807) is 19.3 Å². The van der Waals surface area contributed by atoms with Crippen molar-refractivity contribution < 1.29 is 4.79 Å². The average Bonchev–Trinajstić information content (AvgIpc) is 3.12. The maximum atomic E-state index is 12.3. The van der Waals surface area contributed by atoms with E-state index in [9.17, 15) is 9.59 Å². The Morgan fingerprint density at radius 2 is 2.15 bits per heavy atom. The van der Waals surface area contributed by atoms with Crippen molar-refractivity contribution in [3.8, 4) is 0 Å². The van der Waals surface area contributed by atoms with Crippen molar-refractivity contribution in [3.63, 3.8) is 0 Å². The van der Waals surface area contributed by atoms with Crippen molar-refractivity contribution in [2.45, 2.75) is 25.3 Å². The molecule has 8 heteroatoms. The molecule has 1 amide bonds. The lowest BCUT2D eigenvalue weighted by molar-refractivity contribution is -0.122. The smallest absolute Gasteiger partial charge is 0.268 e. The van der Waals surface area contributed by atoms with Crippen molar-refractivity contribution in [2.75, 3.05) is 51.2 Å². The van der Waals surface area contributed by atoms with Gasteiger partial charge in [0, 0.05) is 38.8 Å². The van der Waals surface area contributed by atoms with Gasteiger partial charge in [0.1, 0.15) is 0 Å². The minimum absolute atomic E-state index is 0.0970. The number of aromatic nitrogens is 2. The van der Waals surface area contributed by atoms with Crippen molar-refractivity contribution in [1.29, 1.82) is 0 Å². The van der Waals surface area contributed by atoms with Crippen molar-refractivity contribution in [2.24, 2.45) is 13.0 Å². The molecule has 1 aromatic rings. The van der Waals surface area contributed by atoms with E-state index < -0.39 is 0 Å². The predicted octanol–water partition coefficient (Wildman–Crippen LogP) is -0.593. The van der Waals surface area contributed by atoms with E-state index in [0.29, 0.717) is 25.0 Å². The quantitative estimate of drug-likeness (QED) is 0.704. The molecule has 2 saturated heterocycles. The Morgan fingerprint density at radius 3 is 2.88 bits per heavy atom. The summed E-state index contributed by atoms with van der Waals surface area (Å²) in [6.07, 6.45) is 4.95. The Morgan fingerprint density at radius 1 is 1.38 bits per heavy atom. The molecule has 3 heterocycles. The van der Waals surface area contributed by atoms with Crippen LogP contribution in [-0.2, 0) is 11.8 Å². The zero-order valence-corrected chi connectivity index (χ0v) is 15.8. The zero-order valence-electron chi connectivity index (χ0n) is 15.8. The van der Waals surface area contributed by atoms with Crippen molar-refractivity contribution in [3.05, 3.63) is 22.6 Å². The largest absolute Gasteiger partial charge is 0.370 e. The lowest BCUT2D eigenvalue weighted by atomic mass is 10.1. The molecule has 0 spiro atoms. The number of hydrogen-bond donors (Lipinski definition) is 2. The maximum Gasteiger partial charge on any atom is 0.268 e. The highest BCUT2D eigenvalue weighted by atomic mass is 16.2. The number of nitrogens with one attached hydrogen (secondary N) is 2. The minimum atomic E-state index is -0.0970. The number of hydrogen-bond acceptors (Lipinski definition) is 6. The van der Waals surface area contributed by atoms with E-state index in [0.717, 1.165) is 51.1 Å². The predicted molar refractivity (Wildman–Crippen MR) is 101 cm³/mol. The molecule has 26 heavy (non-hydrogen) atoms. The third kappa shape index (κ3) is 4.82. The van der Waals surface area contributed by atoms with Gasteiger partial charge in [-0.05, 0) is 45.3 Å². The molecule has 0 saturated carbocycles. The van der Waals surface area contributed by atoms with Crippen LogP contribution < -0.4 is 21.1 Å². The molecule has 2 N–H and O–H groups in total. The molecular weight excluding hydrogens is 332 g/mol. The van der Waals surface area contributed by atoms with Crippen LogP contribution in [0.2, 0.25) is 0 Å². The van der Waals surface area contributed by atoms with Gasteiger partial charge in [0.05, 0.1) is 18.4 Å². The number of rotatable bonds is 6. The van der Waals surface area contributed by atoms with Gasteiger partial charge in [0.15, 0.2) is 0 Å². The van der Waals surface area contributed by atoms with Gasteiger partial charge >= 0.3 is 0 Å². The van der Waals surface area contributed by atoms with Crippen LogP contribution in [0.4, 0.5) is 5.69 Å². The van der Waals surface area contributed by atoms with Crippen LogP contribution in [0, 0.1) is 5.92 Å². The Balaban J connectivity index is 1.41. The number of carbonyl (C=O) groups excluding carboxylic acids is 1. The summed E-state index contributed by atoms with van der Waals surface area (Å²) < 4.78 is 1.33. The summed E-state index contributed by atoms with van der Waals surface area (Å²) in [6, 6.07) is 2.12. The molecule has 144 valence electrons. The summed E-state index contributed by atoms with van der Waals surface area (Å²) in [5.74, 6) is 0.506. The molecule has 0 aliphatic carbocycles. The normalized spacial score (nSPS) is 21.3. The monoisotopic (exact) mass is 362 g/mol. The van der Waals surface area contributed by atoms with Crippen LogP contribution in [0.15, 0.2) is 17.1 Å². The highest BCUT2D eigenvalue weighted by Crippen LogP contribution is 2.21. The molecule has 8 nitrogen and oxygen atoms in total. The summed E-state index contributed by atoms with van der Waals surface area (Å²) in [6.45, 7) is 4.95.